The molecule has 0 unspecified atom stereocenters. The van der Waals surface area contributed by atoms with Crippen molar-refractivity contribution in [1.82, 2.24) is 9.80 Å². The van der Waals surface area contributed by atoms with Gasteiger partial charge in [-0.1, -0.05) is 30.3 Å². The lowest BCUT2D eigenvalue weighted by Crippen LogP contribution is -2.45. The van der Waals surface area contributed by atoms with Crippen LogP contribution in [0.3, 0.4) is 0 Å². The molecule has 4 heterocycles. The first-order valence-electron chi connectivity index (χ1n) is 10.1. The van der Waals surface area contributed by atoms with Gasteiger partial charge in [0.15, 0.2) is 0 Å². The zero-order valence-electron chi connectivity index (χ0n) is 15.0. The van der Waals surface area contributed by atoms with Crippen molar-refractivity contribution in [2.24, 2.45) is 11.8 Å². The van der Waals surface area contributed by atoms with E-state index in [-0.39, 0.29) is 5.60 Å². The van der Waals surface area contributed by atoms with Crippen LogP contribution < -0.4 is 0 Å². The van der Waals surface area contributed by atoms with Gasteiger partial charge in [-0.25, -0.2) is 0 Å². The Morgan fingerprint density at radius 3 is 2.68 bits per heavy atom. The smallest absolute Gasteiger partial charge is 0.0858 e. The van der Waals surface area contributed by atoms with Gasteiger partial charge in [-0.15, -0.1) is 0 Å². The van der Waals surface area contributed by atoms with Crippen molar-refractivity contribution in [3.8, 4) is 0 Å². The van der Waals surface area contributed by atoms with Crippen molar-refractivity contribution >= 4 is 0 Å². The van der Waals surface area contributed by atoms with Crippen LogP contribution in [0.25, 0.3) is 0 Å². The molecule has 136 valence electrons. The first kappa shape index (κ1) is 16.2. The highest BCUT2D eigenvalue weighted by Gasteiger charge is 2.63. The lowest BCUT2D eigenvalue weighted by molar-refractivity contribution is -0.00670. The normalized spacial score (nSPS) is 39.2. The average molecular weight is 342 g/mol. The number of fused-ring (bicyclic) bond motifs is 1. The molecule has 1 aromatic rings. The van der Waals surface area contributed by atoms with Crippen molar-refractivity contribution in [3.05, 3.63) is 35.9 Å². The lowest BCUT2D eigenvalue weighted by atomic mass is 9.74. The van der Waals surface area contributed by atoms with Crippen LogP contribution in [0.5, 0.6) is 0 Å². The summed E-state index contributed by atoms with van der Waals surface area (Å²) in [5.41, 5.74) is 1.51. The van der Waals surface area contributed by atoms with Crippen molar-refractivity contribution in [3.63, 3.8) is 0 Å². The van der Waals surface area contributed by atoms with Crippen LogP contribution in [0.1, 0.15) is 31.2 Å². The minimum absolute atomic E-state index is 0.0826. The minimum atomic E-state index is 0.0826. The molecule has 25 heavy (non-hydrogen) atoms. The quantitative estimate of drug-likeness (QED) is 0.909. The summed E-state index contributed by atoms with van der Waals surface area (Å²) in [6, 6.07) is 11.5. The number of hydrogen-bond donors (Lipinski definition) is 1. The fourth-order valence-electron chi connectivity index (χ4n) is 6.03. The van der Waals surface area contributed by atoms with E-state index in [1.165, 1.54) is 37.9 Å². The van der Waals surface area contributed by atoms with E-state index >= 15 is 0 Å². The molecule has 4 aliphatic rings. The summed E-state index contributed by atoms with van der Waals surface area (Å²) in [5.74, 6) is 0.954. The predicted molar refractivity (Wildman–Crippen MR) is 97.2 cm³/mol. The molecular formula is C21H30N2O2. The Labute approximate surface area is 150 Å². The van der Waals surface area contributed by atoms with Crippen molar-refractivity contribution in [2.75, 3.05) is 32.8 Å². The van der Waals surface area contributed by atoms with Crippen LogP contribution in [0.2, 0.25) is 0 Å². The second-order valence-corrected chi connectivity index (χ2v) is 8.64. The van der Waals surface area contributed by atoms with Gasteiger partial charge in [0.1, 0.15) is 0 Å². The topological polar surface area (TPSA) is 35.9 Å². The molecule has 4 fully saturated rings. The van der Waals surface area contributed by atoms with Gasteiger partial charge in [-0.2, -0.15) is 0 Å². The third kappa shape index (κ3) is 2.74. The number of aliphatic hydroxyl groups excluding tert-OH is 1. The molecule has 0 saturated carbocycles. The zero-order chi connectivity index (χ0) is 16.9. The number of benzene rings is 1. The molecule has 5 rings (SSSR count). The molecule has 1 spiro atoms. The maximum atomic E-state index is 9.80. The highest BCUT2D eigenvalue weighted by Crippen LogP contribution is 2.55. The van der Waals surface area contributed by atoms with Gasteiger partial charge in [0.25, 0.3) is 0 Å². The second-order valence-electron chi connectivity index (χ2n) is 8.64. The van der Waals surface area contributed by atoms with E-state index in [0.717, 1.165) is 26.1 Å². The summed E-state index contributed by atoms with van der Waals surface area (Å²) in [7, 11) is 0. The monoisotopic (exact) mass is 342 g/mol. The first-order valence-corrected chi connectivity index (χ1v) is 10.1. The Kier molecular flexibility index (Phi) is 4.12. The molecule has 2 bridgehead atoms. The van der Waals surface area contributed by atoms with E-state index in [0.29, 0.717) is 30.6 Å². The molecule has 1 aromatic carbocycles. The molecule has 1 N–H and O–H groups in total. The highest BCUT2D eigenvalue weighted by molar-refractivity contribution is 5.15. The molecule has 0 aliphatic carbocycles. The molecule has 4 saturated heterocycles. The van der Waals surface area contributed by atoms with Gasteiger partial charge in [0.05, 0.1) is 11.7 Å². The van der Waals surface area contributed by atoms with E-state index in [4.69, 9.17) is 4.74 Å². The molecule has 0 amide bonds. The highest BCUT2D eigenvalue weighted by atomic mass is 16.5. The van der Waals surface area contributed by atoms with Crippen molar-refractivity contribution in [1.29, 1.82) is 0 Å². The summed E-state index contributed by atoms with van der Waals surface area (Å²) in [4.78, 5) is 5.30. The minimum Gasteiger partial charge on any atom is -0.396 e. The summed E-state index contributed by atoms with van der Waals surface area (Å²) < 4.78 is 6.40. The molecule has 4 nitrogen and oxygen atoms in total. The van der Waals surface area contributed by atoms with Crippen LogP contribution in [0.15, 0.2) is 30.3 Å². The third-order valence-electron chi connectivity index (χ3n) is 7.34. The number of likely N-dealkylation sites (tertiary alicyclic amines) is 2. The Hall–Kier alpha value is -0.940. The van der Waals surface area contributed by atoms with Gasteiger partial charge in [-0.05, 0) is 44.3 Å². The molecule has 0 aromatic heterocycles. The summed E-state index contributed by atoms with van der Waals surface area (Å²) in [6.07, 6.45) is 5.24. The fourth-order valence-corrected chi connectivity index (χ4v) is 6.03. The number of hydrogen-bond acceptors (Lipinski definition) is 4. The first-order chi connectivity index (χ1) is 12.3. The van der Waals surface area contributed by atoms with Crippen LogP contribution >= 0.6 is 0 Å². The van der Waals surface area contributed by atoms with E-state index in [1.54, 1.807) is 0 Å². The van der Waals surface area contributed by atoms with Crippen LogP contribution in [0.4, 0.5) is 0 Å². The third-order valence-corrected chi connectivity index (χ3v) is 7.34. The van der Waals surface area contributed by atoms with Crippen LogP contribution in [-0.2, 0) is 11.3 Å². The van der Waals surface area contributed by atoms with Crippen molar-refractivity contribution in [2.45, 2.75) is 50.0 Å². The maximum absolute atomic E-state index is 9.80. The van der Waals surface area contributed by atoms with E-state index in [9.17, 15) is 5.11 Å². The van der Waals surface area contributed by atoms with Gasteiger partial charge >= 0.3 is 0 Å². The Balaban J connectivity index is 1.18. The van der Waals surface area contributed by atoms with Crippen molar-refractivity contribution < 1.29 is 9.84 Å². The molecule has 4 aliphatic heterocycles. The SMILES string of the molecule is OC[C@H]1[C@H]2CN(C3CCN(Cc4ccccc4)CC3)C[C@]23CC[C@H]1O3. The second kappa shape index (κ2) is 6.34. The molecule has 0 radical (unpaired) electrons. The number of rotatable bonds is 4. The Morgan fingerprint density at radius 1 is 1.12 bits per heavy atom. The van der Waals surface area contributed by atoms with E-state index in [2.05, 4.69) is 40.1 Å². The number of piperidine rings is 1. The van der Waals surface area contributed by atoms with Gasteiger partial charge in [-0.3, -0.25) is 9.80 Å². The maximum Gasteiger partial charge on any atom is 0.0858 e. The van der Waals surface area contributed by atoms with Gasteiger partial charge < -0.3 is 9.84 Å². The fraction of sp³-hybridized carbons (Fsp3) is 0.714. The summed E-state index contributed by atoms with van der Waals surface area (Å²) >= 11 is 0. The Bertz CT molecular complexity index is 601. The zero-order valence-corrected chi connectivity index (χ0v) is 15.0. The van der Waals surface area contributed by atoms with E-state index < -0.39 is 0 Å². The predicted octanol–water partition coefficient (Wildman–Crippen LogP) is 2.12. The number of ether oxygens (including phenoxy) is 1. The molecule has 4 atom stereocenters. The standard InChI is InChI=1S/C21H30N2O2/c24-14-18-19-13-23(15-21(19)9-6-20(18)25-21)17-7-10-22(11-8-17)12-16-4-2-1-3-5-16/h1-5,17-20,24H,6-15H2/t18-,19+,20+,21+/m0/s1. The summed E-state index contributed by atoms with van der Waals surface area (Å²) in [6.45, 7) is 6.03. The van der Waals surface area contributed by atoms with Crippen LogP contribution in [-0.4, -0.2) is 65.4 Å². The van der Waals surface area contributed by atoms with E-state index in [1.807, 2.05) is 0 Å². The largest absolute Gasteiger partial charge is 0.396 e. The Morgan fingerprint density at radius 2 is 1.92 bits per heavy atom. The summed E-state index contributed by atoms with van der Waals surface area (Å²) in [5, 5.41) is 9.80. The lowest BCUT2D eigenvalue weighted by Gasteiger charge is -2.37. The molecule has 4 heteroatoms. The number of nitrogens with zero attached hydrogens (tertiary/aromatic N) is 2. The average Bonchev–Trinajstić information content (AvgIpc) is 3.31. The number of aliphatic hydroxyl groups is 1. The van der Waals surface area contributed by atoms with Crippen LogP contribution in [0, 0.1) is 11.8 Å². The molecular weight excluding hydrogens is 312 g/mol. The van der Waals surface area contributed by atoms with Gasteiger partial charge in [0, 0.05) is 44.1 Å². The van der Waals surface area contributed by atoms with Gasteiger partial charge in [0.2, 0.25) is 0 Å².